The average Bonchev–Trinajstić information content (AvgIpc) is 2.71. The SMILES string of the molecule is COc1cccc(-c2coc3c(CN4CCOCC4)c(O)ccc3c2=O)c1. The molecule has 140 valence electrons. The fourth-order valence-electron chi connectivity index (χ4n) is 3.37. The van der Waals surface area contributed by atoms with Crippen LogP contribution in [0.2, 0.25) is 0 Å². The summed E-state index contributed by atoms with van der Waals surface area (Å²) in [5.74, 6) is 0.803. The lowest BCUT2D eigenvalue weighted by atomic mass is 10.0. The second kappa shape index (κ2) is 7.42. The molecule has 0 atom stereocenters. The fraction of sp³-hybridized carbons (Fsp3) is 0.286. The molecule has 2 aromatic carbocycles. The predicted molar refractivity (Wildman–Crippen MR) is 102 cm³/mol. The van der Waals surface area contributed by atoms with E-state index in [1.54, 1.807) is 25.3 Å². The second-order valence-corrected chi connectivity index (χ2v) is 6.54. The van der Waals surface area contributed by atoms with Crippen LogP contribution in [0.15, 0.2) is 51.9 Å². The highest BCUT2D eigenvalue weighted by Crippen LogP contribution is 2.30. The van der Waals surface area contributed by atoms with Gasteiger partial charge in [0.05, 0.1) is 36.8 Å². The van der Waals surface area contributed by atoms with E-state index in [0.717, 1.165) is 18.7 Å². The normalized spacial score (nSPS) is 15.1. The zero-order valence-electron chi connectivity index (χ0n) is 15.1. The van der Waals surface area contributed by atoms with E-state index in [1.165, 1.54) is 6.26 Å². The van der Waals surface area contributed by atoms with Crippen LogP contribution in [0, 0.1) is 0 Å². The van der Waals surface area contributed by atoms with Gasteiger partial charge < -0.3 is 19.0 Å². The van der Waals surface area contributed by atoms with E-state index in [0.29, 0.717) is 47.6 Å². The number of nitrogens with zero attached hydrogens (tertiary/aromatic N) is 1. The van der Waals surface area contributed by atoms with Crippen molar-refractivity contribution in [3.63, 3.8) is 0 Å². The summed E-state index contributed by atoms with van der Waals surface area (Å²) in [4.78, 5) is 15.2. The summed E-state index contributed by atoms with van der Waals surface area (Å²) in [7, 11) is 1.59. The van der Waals surface area contributed by atoms with E-state index in [-0.39, 0.29) is 11.2 Å². The number of phenols is 1. The molecule has 0 aliphatic carbocycles. The summed E-state index contributed by atoms with van der Waals surface area (Å²) in [6, 6.07) is 10.5. The molecule has 1 aliphatic heterocycles. The van der Waals surface area contributed by atoms with E-state index in [2.05, 4.69) is 4.90 Å². The van der Waals surface area contributed by atoms with E-state index in [4.69, 9.17) is 13.9 Å². The highest BCUT2D eigenvalue weighted by atomic mass is 16.5. The van der Waals surface area contributed by atoms with Crippen LogP contribution in [0.25, 0.3) is 22.1 Å². The molecule has 4 rings (SSSR count). The molecule has 0 bridgehead atoms. The number of hydrogen-bond donors (Lipinski definition) is 1. The topological polar surface area (TPSA) is 72.1 Å². The molecular weight excluding hydrogens is 346 g/mol. The molecule has 0 amide bonds. The van der Waals surface area contributed by atoms with Gasteiger partial charge in [0.1, 0.15) is 23.3 Å². The summed E-state index contributed by atoms with van der Waals surface area (Å²) >= 11 is 0. The lowest BCUT2D eigenvalue weighted by Gasteiger charge is -2.27. The summed E-state index contributed by atoms with van der Waals surface area (Å²) < 4.78 is 16.5. The number of morpholine rings is 1. The summed E-state index contributed by atoms with van der Waals surface area (Å²) in [5.41, 5.74) is 2.12. The third-order valence-corrected chi connectivity index (χ3v) is 4.89. The molecule has 6 nitrogen and oxygen atoms in total. The van der Waals surface area contributed by atoms with Crippen molar-refractivity contribution in [1.82, 2.24) is 4.90 Å². The van der Waals surface area contributed by atoms with Crippen molar-refractivity contribution in [3.05, 3.63) is 58.4 Å². The van der Waals surface area contributed by atoms with Crippen molar-refractivity contribution in [2.45, 2.75) is 6.54 Å². The van der Waals surface area contributed by atoms with Crippen molar-refractivity contribution in [1.29, 1.82) is 0 Å². The maximum absolute atomic E-state index is 13.1. The molecule has 1 aromatic heterocycles. The lowest BCUT2D eigenvalue weighted by molar-refractivity contribution is 0.0339. The Morgan fingerprint density at radius 3 is 2.78 bits per heavy atom. The number of hydrogen-bond acceptors (Lipinski definition) is 6. The molecule has 0 saturated carbocycles. The Hall–Kier alpha value is -2.83. The molecule has 27 heavy (non-hydrogen) atoms. The molecule has 0 spiro atoms. The minimum absolute atomic E-state index is 0.131. The maximum atomic E-state index is 13.1. The number of phenolic OH excluding ortho intramolecular Hbond substituents is 1. The standard InChI is InChI=1S/C21H21NO5/c1-25-15-4-2-3-14(11-15)18-13-27-21-16(20(18)24)5-6-19(23)17(21)12-22-7-9-26-10-8-22/h2-6,11,13,23H,7-10,12H2,1H3. The molecule has 3 aromatic rings. The highest BCUT2D eigenvalue weighted by molar-refractivity contribution is 5.85. The minimum atomic E-state index is -0.132. The van der Waals surface area contributed by atoms with Crippen LogP contribution >= 0.6 is 0 Å². The number of rotatable bonds is 4. The molecule has 2 heterocycles. The Kier molecular flexibility index (Phi) is 4.83. The monoisotopic (exact) mass is 367 g/mol. The zero-order chi connectivity index (χ0) is 18.8. The Balaban J connectivity index is 1.79. The van der Waals surface area contributed by atoms with Gasteiger partial charge in [0.15, 0.2) is 0 Å². The molecule has 1 aliphatic rings. The number of fused-ring (bicyclic) bond motifs is 1. The van der Waals surface area contributed by atoms with Gasteiger partial charge >= 0.3 is 0 Å². The van der Waals surface area contributed by atoms with Gasteiger partial charge in [0.2, 0.25) is 5.43 Å². The van der Waals surface area contributed by atoms with Gasteiger partial charge in [-0.3, -0.25) is 9.69 Å². The fourth-order valence-corrected chi connectivity index (χ4v) is 3.37. The maximum Gasteiger partial charge on any atom is 0.200 e. The van der Waals surface area contributed by atoms with Gasteiger partial charge in [-0.1, -0.05) is 12.1 Å². The van der Waals surface area contributed by atoms with Crippen LogP contribution < -0.4 is 10.2 Å². The molecule has 1 saturated heterocycles. The minimum Gasteiger partial charge on any atom is -0.507 e. The number of benzene rings is 2. The molecule has 0 radical (unpaired) electrons. The van der Waals surface area contributed by atoms with E-state index < -0.39 is 0 Å². The van der Waals surface area contributed by atoms with E-state index in [1.807, 2.05) is 18.2 Å². The summed E-state index contributed by atoms with van der Waals surface area (Å²) in [5, 5.41) is 10.8. The number of methoxy groups -OCH3 is 1. The molecule has 1 N–H and O–H groups in total. The second-order valence-electron chi connectivity index (χ2n) is 6.54. The molecule has 1 fully saturated rings. The number of ether oxygens (including phenoxy) is 2. The number of aromatic hydroxyl groups is 1. The van der Waals surface area contributed by atoms with Crippen LogP contribution in [-0.2, 0) is 11.3 Å². The third-order valence-electron chi connectivity index (χ3n) is 4.89. The van der Waals surface area contributed by atoms with Gasteiger partial charge in [-0.15, -0.1) is 0 Å². The van der Waals surface area contributed by atoms with E-state index in [9.17, 15) is 9.90 Å². The van der Waals surface area contributed by atoms with Crippen molar-refractivity contribution in [2.24, 2.45) is 0 Å². The Morgan fingerprint density at radius 1 is 1.19 bits per heavy atom. The van der Waals surface area contributed by atoms with Crippen LogP contribution in [0.1, 0.15) is 5.56 Å². The largest absolute Gasteiger partial charge is 0.507 e. The van der Waals surface area contributed by atoms with Gasteiger partial charge in [-0.25, -0.2) is 0 Å². The molecule has 0 unspecified atom stereocenters. The van der Waals surface area contributed by atoms with Gasteiger partial charge in [-0.05, 0) is 29.8 Å². The first kappa shape index (κ1) is 17.6. The third kappa shape index (κ3) is 3.41. The van der Waals surface area contributed by atoms with Crippen molar-refractivity contribution >= 4 is 11.0 Å². The van der Waals surface area contributed by atoms with Crippen molar-refractivity contribution in [2.75, 3.05) is 33.4 Å². The first-order chi connectivity index (χ1) is 13.2. The van der Waals surface area contributed by atoms with Gasteiger partial charge in [0, 0.05) is 19.6 Å². The van der Waals surface area contributed by atoms with Crippen LogP contribution in [0.3, 0.4) is 0 Å². The van der Waals surface area contributed by atoms with Gasteiger partial charge in [-0.2, -0.15) is 0 Å². The average molecular weight is 367 g/mol. The van der Waals surface area contributed by atoms with Crippen LogP contribution in [0.5, 0.6) is 11.5 Å². The highest BCUT2D eigenvalue weighted by Gasteiger charge is 2.19. The smallest absolute Gasteiger partial charge is 0.200 e. The van der Waals surface area contributed by atoms with Crippen LogP contribution in [-0.4, -0.2) is 43.4 Å². The van der Waals surface area contributed by atoms with Gasteiger partial charge in [0.25, 0.3) is 0 Å². The first-order valence-corrected chi connectivity index (χ1v) is 8.88. The summed E-state index contributed by atoms with van der Waals surface area (Å²) in [6.45, 7) is 3.39. The van der Waals surface area contributed by atoms with Crippen molar-refractivity contribution < 1.29 is 19.0 Å². The van der Waals surface area contributed by atoms with E-state index >= 15 is 0 Å². The Labute approximate surface area is 156 Å². The Morgan fingerprint density at radius 2 is 2.00 bits per heavy atom. The molecular formula is C21H21NO5. The Bertz CT molecular complexity index is 1020. The quantitative estimate of drug-likeness (QED) is 0.764. The zero-order valence-corrected chi connectivity index (χ0v) is 15.1. The predicted octanol–water partition coefficient (Wildman–Crippen LogP) is 3.01. The first-order valence-electron chi connectivity index (χ1n) is 8.88. The summed E-state index contributed by atoms with van der Waals surface area (Å²) in [6.07, 6.45) is 1.46. The lowest BCUT2D eigenvalue weighted by Crippen LogP contribution is -2.35. The van der Waals surface area contributed by atoms with Crippen molar-refractivity contribution in [3.8, 4) is 22.6 Å². The molecule has 6 heteroatoms. The van der Waals surface area contributed by atoms with Crippen LogP contribution in [0.4, 0.5) is 0 Å².